The maximum Gasteiger partial charge on any atom is 0.472 e. The molecular weight excluding hydrogens is 1250 g/mol. The van der Waals surface area contributed by atoms with Gasteiger partial charge in [-0.05, 0) is 122 Å². The number of rotatable bonds is 76. The van der Waals surface area contributed by atoms with E-state index in [0.717, 1.165) is 116 Å². The maximum absolute atomic E-state index is 12.9. The fourth-order valence-electron chi connectivity index (χ4n) is 11.5. The third-order valence-corrected chi connectivity index (χ3v) is 18.8. The summed E-state index contributed by atoms with van der Waals surface area (Å²) in [6.07, 6.45) is 117. The van der Waals surface area contributed by atoms with Crippen molar-refractivity contribution in [1.29, 1.82) is 0 Å². The van der Waals surface area contributed by atoms with Gasteiger partial charge in [-0.25, -0.2) is 4.57 Å². The van der Waals surface area contributed by atoms with Crippen LogP contribution in [0.15, 0.2) is 146 Å². The molecule has 0 heterocycles. The molecule has 0 aromatic rings. The predicted molar refractivity (Wildman–Crippen MR) is 436 cm³/mol. The fraction of sp³-hybridized carbons (Fsp3) is 0.711. The first kappa shape index (κ1) is 95.9. The number of phosphoric acid groups is 1. The lowest BCUT2D eigenvalue weighted by molar-refractivity contribution is -0.870. The van der Waals surface area contributed by atoms with E-state index in [-0.39, 0.29) is 32.0 Å². The summed E-state index contributed by atoms with van der Waals surface area (Å²) < 4.78 is 34.8. The molecule has 1 N–H and O–H groups in total. The van der Waals surface area contributed by atoms with Gasteiger partial charge in [-0.1, -0.05) is 372 Å². The Morgan fingerprint density at radius 2 is 0.570 bits per heavy atom. The number of hydrogen-bond acceptors (Lipinski definition) is 7. The largest absolute Gasteiger partial charge is 0.472 e. The Hall–Kier alpha value is -4.11. The topological polar surface area (TPSA) is 108 Å². The molecule has 2 atom stereocenters. The number of carbonyl (C=O) groups excluding carboxylic acids is 2. The number of esters is 2. The second-order valence-corrected chi connectivity index (χ2v) is 30.2. The number of unbranched alkanes of at least 4 members (excludes halogenated alkanes) is 38. The van der Waals surface area contributed by atoms with Crippen LogP contribution in [0.3, 0.4) is 0 Å². The first-order chi connectivity index (χ1) is 49.0. The van der Waals surface area contributed by atoms with Gasteiger partial charge >= 0.3 is 19.8 Å². The van der Waals surface area contributed by atoms with E-state index in [1.807, 2.05) is 21.1 Å². The van der Waals surface area contributed by atoms with Crippen LogP contribution >= 0.6 is 7.82 Å². The van der Waals surface area contributed by atoms with E-state index < -0.39 is 26.5 Å². The molecule has 10 heteroatoms. The number of ether oxygens (including phenoxy) is 2. The molecule has 0 aliphatic heterocycles. The van der Waals surface area contributed by atoms with Crippen LogP contribution in [-0.2, 0) is 32.7 Å². The van der Waals surface area contributed by atoms with Crippen LogP contribution in [0.5, 0.6) is 0 Å². The van der Waals surface area contributed by atoms with Gasteiger partial charge in [0, 0.05) is 12.8 Å². The number of allylic oxidation sites excluding steroid dienone is 24. The number of likely N-dealkylation sites (N-methyl/N-ethyl adjacent to an activating group) is 1. The van der Waals surface area contributed by atoms with Gasteiger partial charge in [0.1, 0.15) is 19.8 Å². The van der Waals surface area contributed by atoms with Gasteiger partial charge < -0.3 is 18.9 Å². The van der Waals surface area contributed by atoms with Crippen molar-refractivity contribution in [2.24, 2.45) is 0 Å². The van der Waals surface area contributed by atoms with Crippen molar-refractivity contribution in [1.82, 2.24) is 0 Å². The van der Waals surface area contributed by atoms with Crippen molar-refractivity contribution >= 4 is 19.8 Å². The van der Waals surface area contributed by atoms with Crippen LogP contribution in [0, 0.1) is 0 Å². The van der Waals surface area contributed by atoms with Crippen molar-refractivity contribution in [3.8, 4) is 0 Å². The van der Waals surface area contributed by atoms with E-state index in [4.69, 9.17) is 18.5 Å². The molecule has 0 rings (SSSR count). The van der Waals surface area contributed by atoms with E-state index in [1.165, 1.54) is 212 Å². The van der Waals surface area contributed by atoms with E-state index in [1.54, 1.807) is 0 Å². The summed E-state index contributed by atoms with van der Waals surface area (Å²) in [7, 11) is 1.47. The highest BCUT2D eigenvalue weighted by Crippen LogP contribution is 2.43. The molecule has 0 aliphatic rings. The summed E-state index contributed by atoms with van der Waals surface area (Å²) in [5.41, 5.74) is 0. The normalized spacial score (nSPS) is 13.8. The lowest BCUT2D eigenvalue weighted by Gasteiger charge is -2.24. The van der Waals surface area contributed by atoms with Gasteiger partial charge in [0.15, 0.2) is 6.10 Å². The van der Waals surface area contributed by atoms with Crippen molar-refractivity contribution in [3.63, 3.8) is 0 Å². The summed E-state index contributed by atoms with van der Waals surface area (Å²) in [5, 5.41) is 0. The lowest BCUT2D eigenvalue weighted by Crippen LogP contribution is -2.37. The zero-order valence-electron chi connectivity index (χ0n) is 65.6. The molecule has 0 aliphatic carbocycles. The van der Waals surface area contributed by atoms with E-state index in [2.05, 4.69) is 160 Å². The summed E-state index contributed by atoms with van der Waals surface area (Å²) in [5.74, 6) is -0.798. The minimum atomic E-state index is -4.41. The number of phosphoric ester groups is 1. The Kier molecular flexibility index (Phi) is 75.8. The molecule has 100 heavy (non-hydrogen) atoms. The summed E-state index contributed by atoms with van der Waals surface area (Å²) in [4.78, 5) is 36.0. The SMILES string of the molecule is CC/C=C\C/C=C\C/C=C\C/C=C\C/C=C\C/C=C\C/C=C\C/C=C\C/C=C\CCCCCCCCCCCC(=O)OC(COC(=O)CCCCCCCCCCCCCCCCCCCCCCCCCC/C=C\C/C=C\C/C=C\CCCCCCC)COP(=O)(O)OCC[N+](C)(C)C. The molecule has 2 unspecified atom stereocenters. The molecule has 9 nitrogen and oxygen atoms in total. The van der Waals surface area contributed by atoms with Crippen LogP contribution in [0.4, 0.5) is 0 Å². The maximum atomic E-state index is 12.9. The number of quaternary nitrogens is 1. The Balaban J connectivity index is 3.99. The van der Waals surface area contributed by atoms with Crippen molar-refractivity contribution < 1.29 is 42.1 Å². The van der Waals surface area contributed by atoms with Crippen molar-refractivity contribution in [2.75, 3.05) is 47.5 Å². The molecule has 0 saturated heterocycles. The average Bonchev–Trinajstić information content (AvgIpc) is 1.02. The monoisotopic (exact) mass is 1410 g/mol. The van der Waals surface area contributed by atoms with Crippen LogP contribution in [0.25, 0.3) is 0 Å². The summed E-state index contributed by atoms with van der Waals surface area (Å²) in [6, 6.07) is 0. The Morgan fingerprint density at radius 3 is 0.850 bits per heavy atom. The molecule has 0 aromatic carbocycles. The minimum Gasteiger partial charge on any atom is -0.462 e. The second kappa shape index (κ2) is 79.0. The smallest absolute Gasteiger partial charge is 0.462 e. The highest BCUT2D eigenvalue weighted by molar-refractivity contribution is 7.47. The van der Waals surface area contributed by atoms with Crippen LogP contribution < -0.4 is 0 Å². The molecule has 0 bridgehead atoms. The first-order valence-electron chi connectivity index (χ1n) is 41.6. The number of hydrogen-bond donors (Lipinski definition) is 1. The van der Waals surface area contributed by atoms with Crippen molar-refractivity contribution in [3.05, 3.63) is 146 Å². The molecule has 0 fully saturated rings. The van der Waals surface area contributed by atoms with Gasteiger partial charge in [-0.3, -0.25) is 18.6 Å². The highest BCUT2D eigenvalue weighted by Gasteiger charge is 2.27. The number of nitrogens with zero attached hydrogens (tertiary/aromatic N) is 1. The number of carbonyl (C=O) groups is 2. The van der Waals surface area contributed by atoms with Crippen molar-refractivity contribution in [2.45, 2.75) is 367 Å². The summed E-state index contributed by atoms with van der Waals surface area (Å²) >= 11 is 0. The van der Waals surface area contributed by atoms with E-state index in [0.29, 0.717) is 17.4 Å². The third kappa shape index (κ3) is 82.8. The molecule has 0 radical (unpaired) electrons. The van der Waals surface area contributed by atoms with E-state index >= 15 is 0 Å². The average molecular weight is 1410 g/mol. The lowest BCUT2D eigenvalue weighted by atomic mass is 10.0. The zero-order chi connectivity index (χ0) is 72.5. The van der Waals surface area contributed by atoms with Crippen LogP contribution in [-0.4, -0.2) is 74.9 Å². The molecule has 0 saturated carbocycles. The second-order valence-electron chi connectivity index (χ2n) is 28.8. The minimum absolute atomic E-state index is 0.0258. The van der Waals surface area contributed by atoms with Crippen LogP contribution in [0.1, 0.15) is 361 Å². The molecule has 0 aromatic heterocycles. The molecule has 0 amide bonds. The standard InChI is InChI=1S/C90H156NO8P/c1-6-8-10-12-14-16-18-20-22-24-26-28-30-32-34-36-38-40-42-44-45-47-48-50-52-54-56-58-60-62-64-66-68-70-72-74-76-78-80-82-89(92)96-86-88(87-98-100(94,95)97-85-84-91(3,4)5)99-90(93)83-81-79-77-75-73-71-69-67-65-63-61-59-57-55-53-51-49-46-43-41-39-37-35-33-31-29-27-25-23-21-19-17-15-13-11-9-7-2/h9,11,15,17-18,20-21,23-24,26-27,29-30,32-33,35,39,41,46,49,53,55,59,61,88H,6-8,10,12-14,16,19,22,25,28,31,34,36-38,40,42-45,47-48,50-52,54,56-58,60,62-87H2,1-5H3/p+1/b11-9-,17-15-,20-18-,23-21-,26-24-,29-27-,32-30-,35-33-,41-39-,49-46-,55-53-,61-59-. The predicted octanol–water partition coefficient (Wildman–Crippen LogP) is 28.1. The van der Waals surface area contributed by atoms with Gasteiger partial charge in [0.25, 0.3) is 0 Å². The third-order valence-electron chi connectivity index (χ3n) is 17.9. The molecule has 0 spiro atoms. The summed E-state index contributed by atoms with van der Waals surface area (Å²) in [6.45, 7) is 4.33. The van der Waals surface area contributed by atoms with Gasteiger partial charge in [0.2, 0.25) is 0 Å². The van der Waals surface area contributed by atoms with Gasteiger partial charge in [-0.2, -0.15) is 0 Å². The molecule has 574 valence electrons. The van der Waals surface area contributed by atoms with Gasteiger partial charge in [0.05, 0.1) is 27.7 Å². The Morgan fingerprint density at radius 1 is 0.320 bits per heavy atom. The Bertz CT molecular complexity index is 2210. The zero-order valence-corrected chi connectivity index (χ0v) is 66.5. The van der Waals surface area contributed by atoms with E-state index in [9.17, 15) is 19.0 Å². The highest BCUT2D eigenvalue weighted by atomic mass is 31.2. The van der Waals surface area contributed by atoms with Gasteiger partial charge in [-0.15, -0.1) is 0 Å². The van der Waals surface area contributed by atoms with Crippen LogP contribution in [0.2, 0.25) is 0 Å². The Labute approximate surface area is 618 Å². The fourth-order valence-corrected chi connectivity index (χ4v) is 12.3. The molecular formula is C90H157NO8P+. The first-order valence-corrected chi connectivity index (χ1v) is 43.1. The quantitative estimate of drug-likeness (QED) is 0.0211.